The summed E-state index contributed by atoms with van der Waals surface area (Å²) in [4.78, 5) is 8.61. The van der Waals surface area contributed by atoms with E-state index in [-0.39, 0.29) is 0 Å². The van der Waals surface area contributed by atoms with Gasteiger partial charge in [-0.25, -0.2) is 9.97 Å². The molecule has 0 aromatic carbocycles. The second-order valence-corrected chi connectivity index (χ2v) is 4.94. The van der Waals surface area contributed by atoms with Gasteiger partial charge in [0.05, 0.1) is 0 Å². The number of aryl methyl sites for hydroxylation is 1. The fraction of sp³-hybridized carbons (Fsp3) is 0.500. The average Bonchev–Trinajstić information content (AvgIpc) is 2.76. The summed E-state index contributed by atoms with van der Waals surface area (Å²) in [6, 6.07) is 1.92. The van der Waals surface area contributed by atoms with Crippen molar-refractivity contribution in [1.29, 1.82) is 0 Å². The van der Waals surface area contributed by atoms with Gasteiger partial charge in [-0.15, -0.1) is 0 Å². The summed E-state index contributed by atoms with van der Waals surface area (Å²) < 4.78 is 0. The van der Waals surface area contributed by atoms with Crippen molar-refractivity contribution in [1.82, 2.24) is 9.97 Å². The number of hydrogen-bond donors (Lipinski definition) is 0. The summed E-state index contributed by atoms with van der Waals surface area (Å²) in [5.41, 5.74) is 1.13. The Balaban J connectivity index is 1.96. The molecule has 3 rings (SSSR count). The minimum atomic E-state index is 0.569. The zero-order valence-electron chi connectivity index (χ0n) is 8.65. The molecule has 0 unspecified atom stereocenters. The van der Waals surface area contributed by atoms with Gasteiger partial charge in [-0.1, -0.05) is 23.8 Å². The second-order valence-electron chi connectivity index (χ2n) is 4.55. The highest BCUT2D eigenvalue weighted by Gasteiger charge is 2.37. The molecule has 78 valence electrons. The van der Waals surface area contributed by atoms with Gasteiger partial charge in [0.25, 0.3) is 0 Å². The molecule has 1 saturated carbocycles. The van der Waals surface area contributed by atoms with E-state index in [2.05, 4.69) is 22.1 Å². The Morgan fingerprint density at radius 1 is 1.27 bits per heavy atom. The molecule has 0 amide bonds. The number of allylic oxidation sites excluding steroid dienone is 2. The van der Waals surface area contributed by atoms with Crippen LogP contribution < -0.4 is 0 Å². The summed E-state index contributed by atoms with van der Waals surface area (Å²) in [5, 5.41) is 0.573. The molecule has 1 aromatic heterocycles. The Hall–Kier alpha value is -0.890. The first kappa shape index (κ1) is 9.34. The van der Waals surface area contributed by atoms with Gasteiger partial charge in [-0.2, -0.15) is 0 Å². The van der Waals surface area contributed by atoms with Gasteiger partial charge < -0.3 is 0 Å². The van der Waals surface area contributed by atoms with E-state index in [0.717, 1.165) is 17.4 Å². The highest BCUT2D eigenvalue weighted by molar-refractivity contribution is 6.29. The normalized spacial score (nSPS) is 32.5. The lowest BCUT2D eigenvalue weighted by Gasteiger charge is -2.17. The van der Waals surface area contributed by atoms with Crippen LogP contribution in [-0.4, -0.2) is 9.97 Å². The molecule has 3 heteroatoms. The summed E-state index contributed by atoms with van der Waals surface area (Å²) in [5.74, 6) is 2.80. The minimum absolute atomic E-state index is 0.569. The van der Waals surface area contributed by atoms with E-state index in [0.29, 0.717) is 17.0 Å². The molecule has 0 N–H and O–H groups in total. The second kappa shape index (κ2) is 3.31. The van der Waals surface area contributed by atoms with Crippen LogP contribution in [0.25, 0.3) is 0 Å². The van der Waals surface area contributed by atoms with E-state index < -0.39 is 0 Å². The van der Waals surface area contributed by atoms with Crippen molar-refractivity contribution in [2.75, 3.05) is 0 Å². The Morgan fingerprint density at radius 3 is 2.73 bits per heavy atom. The quantitative estimate of drug-likeness (QED) is 0.537. The molecule has 2 aliphatic rings. The average molecular weight is 221 g/mol. The van der Waals surface area contributed by atoms with Crippen LogP contribution in [0.4, 0.5) is 0 Å². The number of halogens is 1. The fourth-order valence-corrected chi connectivity index (χ4v) is 3.10. The Morgan fingerprint density at radius 2 is 2.13 bits per heavy atom. The number of hydrogen-bond acceptors (Lipinski definition) is 2. The monoisotopic (exact) mass is 220 g/mol. The van der Waals surface area contributed by atoms with Crippen LogP contribution >= 0.6 is 11.6 Å². The van der Waals surface area contributed by atoms with Crippen LogP contribution in [0.1, 0.15) is 30.3 Å². The first-order valence-electron chi connectivity index (χ1n) is 5.42. The van der Waals surface area contributed by atoms with E-state index >= 15 is 0 Å². The molecular formula is C12H13ClN2. The molecular weight excluding hydrogens is 208 g/mol. The fourth-order valence-electron chi connectivity index (χ4n) is 2.86. The lowest BCUT2D eigenvalue weighted by Crippen LogP contribution is -2.08. The van der Waals surface area contributed by atoms with Crippen molar-refractivity contribution in [3.8, 4) is 0 Å². The van der Waals surface area contributed by atoms with Crippen molar-refractivity contribution in [3.63, 3.8) is 0 Å². The predicted molar refractivity (Wildman–Crippen MR) is 59.9 cm³/mol. The van der Waals surface area contributed by atoms with Crippen LogP contribution in [0.2, 0.25) is 5.15 Å². The molecule has 2 nitrogen and oxygen atoms in total. The maximum atomic E-state index is 5.96. The van der Waals surface area contributed by atoms with Gasteiger partial charge in [0.15, 0.2) is 0 Å². The molecule has 1 fully saturated rings. The molecule has 0 aliphatic heterocycles. The molecule has 0 radical (unpaired) electrons. The van der Waals surface area contributed by atoms with Crippen molar-refractivity contribution >= 4 is 11.6 Å². The van der Waals surface area contributed by atoms with E-state index in [9.17, 15) is 0 Å². The van der Waals surface area contributed by atoms with Gasteiger partial charge in [0.1, 0.15) is 11.0 Å². The van der Waals surface area contributed by atoms with E-state index in [4.69, 9.17) is 11.6 Å². The summed E-state index contributed by atoms with van der Waals surface area (Å²) >= 11 is 5.96. The third-order valence-corrected chi connectivity index (χ3v) is 3.68. The van der Waals surface area contributed by atoms with Gasteiger partial charge >= 0.3 is 0 Å². The summed E-state index contributed by atoms with van der Waals surface area (Å²) in [6.45, 7) is 1.90. The molecule has 2 aliphatic carbocycles. The van der Waals surface area contributed by atoms with Crippen molar-refractivity contribution < 1.29 is 0 Å². The largest absolute Gasteiger partial charge is 0.238 e. The van der Waals surface area contributed by atoms with Crippen molar-refractivity contribution in [2.45, 2.75) is 25.7 Å². The lowest BCUT2D eigenvalue weighted by molar-refractivity contribution is 0.567. The van der Waals surface area contributed by atoms with Gasteiger partial charge in [0.2, 0.25) is 0 Å². The zero-order valence-corrected chi connectivity index (χ0v) is 9.41. The number of fused-ring (bicyclic) bond motifs is 2. The van der Waals surface area contributed by atoms with Crippen molar-refractivity contribution in [3.05, 3.63) is 34.9 Å². The predicted octanol–water partition coefficient (Wildman–Crippen LogP) is 3.12. The van der Waals surface area contributed by atoms with Gasteiger partial charge in [0, 0.05) is 11.6 Å². The molecule has 0 saturated heterocycles. The van der Waals surface area contributed by atoms with Gasteiger partial charge in [-0.05, 0) is 37.7 Å². The maximum absolute atomic E-state index is 5.96. The smallest absolute Gasteiger partial charge is 0.133 e. The lowest BCUT2D eigenvalue weighted by atomic mass is 9.90. The highest BCUT2D eigenvalue weighted by Crippen LogP contribution is 2.48. The van der Waals surface area contributed by atoms with E-state index in [1.807, 2.05) is 13.0 Å². The molecule has 3 atom stereocenters. The minimum Gasteiger partial charge on any atom is -0.238 e. The SMILES string of the molecule is Cc1nc(Cl)cc([C@H]2C[C@H]3C=C[C@H]2C3)n1. The van der Waals surface area contributed by atoms with Crippen molar-refractivity contribution in [2.24, 2.45) is 11.8 Å². The molecule has 1 heterocycles. The third kappa shape index (κ3) is 1.57. The summed E-state index contributed by atoms with van der Waals surface area (Å²) in [6.07, 6.45) is 7.21. The first-order valence-corrected chi connectivity index (χ1v) is 5.79. The summed E-state index contributed by atoms with van der Waals surface area (Å²) in [7, 11) is 0. The first-order chi connectivity index (χ1) is 7.22. The number of nitrogens with zero attached hydrogens (tertiary/aromatic N) is 2. The maximum Gasteiger partial charge on any atom is 0.133 e. The third-order valence-electron chi connectivity index (χ3n) is 3.49. The molecule has 2 bridgehead atoms. The van der Waals surface area contributed by atoms with E-state index in [1.165, 1.54) is 12.8 Å². The standard InChI is InChI=1S/C12H13ClN2/c1-7-14-11(6-12(13)15-7)10-5-8-2-3-9(10)4-8/h2-3,6,8-10H,4-5H2,1H3/t8-,9-,10-/m0/s1. The molecule has 0 spiro atoms. The van der Waals surface area contributed by atoms with Gasteiger partial charge in [-0.3, -0.25) is 0 Å². The number of aromatic nitrogens is 2. The topological polar surface area (TPSA) is 25.8 Å². The molecule has 15 heavy (non-hydrogen) atoms. The Kier molecular flexibility index (Phi) is 2.06. The van der Waals surface area contributed by atoms with Crippen LogP contribution in [0.15, 0.2) is 18.2 Å². The Bertz CT molecular complexity index is 407. The van der Waals surface area contributed by atoms with Crippen LogP contribution in [0, 0.1) is 18.8 Å². The van der Waals surface area contributed by atoms with E-state index in [1.54, 1.807) is 0 Å². The zero-order chi connectivity index (χ0) is 10.4. The number of rotatable bonds is 1. The Labute approximate surface area is 94.4 Å². The highest BCUT2D eigenvalue weighted by atomic mass is 35.5. The van der Waals surface area contributed by atoms with Crippen LogP contribution in [0.3, 0.4) is 0 Å². The van der Waals surface area contributed by atoms with Crippen LogP contribution in [-0.2, 0) is 0 Å². The van der Waals surface area contributed by atoms with Crippen LogP contribution in [0.5, 0.6) is 0 Å². The molecule has 1 aromatic rings.